The topological polar surface area (TPSA) is 93.7 Å². The number of nitrogens with zero attached hydrogens (tertiary/aromatic N) is 3. The Kier molecular flexibility index (Phi) is 7.16. The van der Waals surface area contributed by atoms with Crippen LogP contribution < -0.4 is 10.2 Å². The van der Waals surface area contributed by atoms with Gasteiger partial charge in [0.05, 0.1) is 25.6 Å². The Hall–Kier alpha value is -2.69. The minimum absolute atomic E-state index is 0.121. The second kappa shape index (κ2) is 10.1. The molecule has 8 nitrogen and oxygen atoms in total. The molecule has 1 aliphatic rings. The first-order chi connectivity index (χ1) is 15.9. The fourth-order valence-electron chi connectivity index (χ4n) is 3.62. The van der Waals surface area contributed by atoms with Crippen LogP contribution in [0.1, 0.15) is 28.0 Å². The quantitative estimate of drug-likeness (QED) is 0.317. The van der Waals surface area contributed by atoms with Crippen molar-refractivity contribution in [3.63, 3.8) is 0 Å². The van der Waals surface area contributed by atoms with Gasteiger partial charge in [0, 0.05) is 29.9 Å². The molecular formula is C23H26N4O4S2. The summed E-state index contributed by atoms with van der Waals surface area (Å²) in [5.41, 5.74) is 2.63. The number of rotatable bonds is 6. The van der Waals surface area contributed by atoms with Gasteiger partial charge in [-0.25, -0.2) is 14.8 Å². The van der Waals surface area contributed by atoms with Crippen LogP contribution in [0.3, 0.4) is 0 Å². The Labute approximate surface area is 200 Å². The maximum Gasteiger partial charge on any atom is 0.348 e. The second-order valence-corrected chi connectivity index (χ2v) is 10.0. The standard InChI is InChI=1S/C23H26N4O4S2/c1-13-18-21(24-15(3)25-22(18)33-19(13)23(29)30-4)32-14(2)20(28)26-16-5-7-17(8-6-16)27-9-11-31-12-10-27/h5-8,14H,9-12H2,1-4H3,(H,26,28). The molecule has 174 valence electrons. The van der Waals surface area contributed by atoms with E-state index >= 15 is 0 Å². The molecule has 1 aromatic carbocycles. The van der Waals surface area contributed by atoms with E-state index in [-0.39, 0.29) is 5.91 Å². The lowest BCUT2D eigenvalue weighted by molar-refractivity contribution is -0.115. The van der Waals surface area contributed by atoms with E-state index in [1.54, 1.807) is 6.92 Å². The summed E-state index contributed by atoms with van der Waals surface area (Å²) in [4.78, 5) is 37.5. The number of hydrogen-bond acceptors (Lipinski definition) is 9. The minimum atomic E-state index is -0.401. The summed E-state index contributed by atoms with van der Waals surface area (Å²) in [6.07, 6.45) is 0. The zero-order valence-corrected chi connectivity index (χ0v) is 20.6. The molecule has 10 heteroatoms. The van der Waals surface area contributed by atoms with Gasteiger partial charge in [-0.2, -0.15) is 0 Å². The smallest absolute Gasteiger partial charge is 0.348 e. The Morgan fingerprint density at radius 1 is 1.18 bits per heavy atom. The molecule has 1 unspecified atom stereocenters. The molecule has 0 bridgehead atoms. The predicted octanol–water partition coefficient (Wildman–Crippen LogP) is 4.05. The van der Waals surface area contributed by atoms with E-state index in [1.807, 2.05) is 38.1 Å². The number of benzene rings is 1. The van der Waals surface area contributed by atoms with Gasteiger partial charge in [0.15, 0.2) is 0 Å². The third-order valence-corrected chi connectivity index (χ3v) is 7.66. The van der Waals surface area contributed by atoms with Crippen LogP contribution in [0.2, 0.25) is 0 Å². The number of methoxy groups -OCH3 is 1. The zero-order valence-electron chi connectivity index (χ0n) is 19.0. The summed E-state index contributed by atoms with van der Waals surface area (Å²) < 4.78 is 10.3. The van der Waals surface area contributed by atoms with Gasteiger partial charge in [-0.1, -0.05) is 11.8 Å². The van der Waals surface area contributed by atoms with Crippen molar-refractivity contribution in [1.29, 1.82) is 0 Å². The van der Waals surface area contributed by atoms with E-state index in [9.17, 15) is 9.59 Å². The third-order valence-electron chi connectivity index (χ3n) is 5.41. The molecule has 0 radical (unpaired) electrons. The van der Waals surface area contributed by atoms with Gasteiger partial charge in [0.1, 0.15) is 20.6 Å². The van der Waals surface area contributed by atoms with Crippen molar-refractivity contribution in [2.24, 2.45) is 0 Å². The monoisotopic (exact) mass is 486 g/mol. The SMILES string of the molecule is COC(=O)c1sc2nc(C)nc(SC(C)C(=O)Nc3ccc(N4CCOCC4)cc3)c2c1C. The van der Waals surface area contributed by atoms with Crippen molar-refractivity contribution >= 4 is 56.6 Å². The lowest BCUT2D eigenvalue weighted by atomic mass is 10.2. The highest BCUT2D eigenvalue weighted by atomic mass is 32.2. The number of esters is 1. The Balaban J connectivity index is 1.48. The highest BCUT2D eigenvalue weighted by Gasteiger charge is 2.23. The van der Waals surface area contributed by atoms with Crippen molar-refractivity contribution < 1.29 is 19.1 Å². The summed E-state index contributed by atoms with van der Waals surface area (Å²) in [7, 11) is 1.36. The lowest BCUT2D eigenvalue weighted by Gasteiger charge is -2.28. The van der Waals surface area contributed by atoms with Crippen LogP contribution in [-0.4, -0.2) is 60.5 Å². The summed E-state index contributed by atoms with van der Waals surface area (Å²) in [5.74, 6) is 0.0778. The summed E-state index contributed by atoms with van der Waals surface area (Å²) in [6, 6.07) is 7.86. The van der Waals surface area contributed by atoms with Gasteiger partial charge in [-0.3, -0.25) is 4.79 Å². The Morgan fingerprint density at radius 3 is 2.55 bits per heavy atom. The zero-order chi connectivity index (χ0) is 23.5. The molecular weight excluding hydrogens is 460 g/mol. The first-order valence-corrected chi connectivity index (χ1v) is 12.3. The van der Waals surface area contributed by atoms with Gasteiger partial charge in [-0.15, -0.1) is 11.3 Å². The van der Waals surface area contributed by atoms with Crippen LogP contribution in [0, 0.1) is 13.8 Å². The number of thioether (sulfide) groups is 1. The van der Waals surface area contributed by atoms with Gasteiger partial charge >= 0.3 is 5.97 Å². The molecule has 1 fully saturated rings. The minimum Gasteiger partial charge on any atom is -0.465 e. The number of anilines is 2. The number of morpholine rings is 1. The molecule has 3 aromatic rings. The average Bonchev–Trinajstić information content (AvgIpc) is 3.15. The molecule has 2 aromatic heterocycles. The molecule has 3 heterocycles. The van der Waals surface area contributed by atoms with Crippen molar-refractivity contribution in [3.05, 3.63) is 40.5 Å². The fourth-order valence-corrected chi connectivity index (χ4v) is 5.88. The number of hydrogen-bond donors (Lipinski definition) is 1. The number of amides is 1. The number of fused-ring (bicyclic) bond motifs is 1. The maximum absolute atomic E-state index is 12.9. The van der Waals surface area contributed by atoms with E-state index in [0.29, 0.717) is 20.6 Å². The van der Waals surface area contributed by atoms with Crippen molar-refractivity contribution in [3.8, 4) is 0 Å². The molecule has 1 N–H and O–H groups in total. The highest BCUT2D eigenvalue weighted by molar-refractivity contribution is 8.00. The summed E-state index contributed by atoms with van der Waals surface area (Å²) in [5, 5.41) is 4.07. The number of ether oxygens (including phenoxy) is 2. The van der Waals surface area contributed by atoms with Gasteiger partial charge in [-0.05, 0) is 50.6 Å². The first-order valence-electron chi connectivity index (χ1n) is 10.6. The van der Waals surface area contributed by atoms with Crippen LogP contribution in [0.5, 0.6) is 0 Å². The Bertz CT molecular complexity index is 1170. The number of carbonyl (C=O) groups is 2. The number of aryl methyl sites for hydroxylation is 2. The van der Waals surface area contributed by atoms with E-state index in [2.05, 4.69) is 20.2 Å². The van der Waals surface area contributed by atoms with E-state index < -0.39 is 11.2 Å². The molecule has 0 spiro atoms. The molecule has 0 aliphatic carbocycles. The third kappa shape index (κ3) is 5.13. The average molecular weight is 487 g/mol. The molecule has 4 rings (SSSR count). The van der Waals surface area contributed by atoms with Gasteiger partial charge in [0.2, 0.25) is 5.91 Å². The number of aromatic nitrogens is 2. The fraction of sp³-hybridized carbons (Fsp3) is 0.391. The normalized spacial score (nSPS) is 14.8. The first kappa shape index (κ1) is 23.5. The van der Waals surface area contributed by atoms with Crippen molar-refractivity contribution in [2.75, 3.05) is 43.6 Å². The predicted molar refractivity (Wildman–Crippen MR) is 132 cm³/mol. The molecule has 1 amide bonds. The van der Waals surface area contributed by atoms with Crippen LogP contribution in [0.15, 0.2) is 29.3 Å². The Morgan fingerprint density at radius 2 is 1.88 bits per heavy atom. The number of thiophene rings is 1. The second-order valence-electron chi connectivity index (χ2n) is 7.70. The van der Waals surface area contributed by atoms with Gasteiger partial charge < -0.3 is 19.7 Å². The molecule has 1 atom stereocenters. The van der Waals surface area contributed by atoms with E-state index in [4.69, 9.17) is 9.47 Å². The molecule has 1 saturated heterocycles. The number of nitrogens with one attached hydrogen (secondary N) is 1. The highest BCUT2D eigenvalue weighted by Crippen LogP contribution is 2.37. The van der Waals surface area contributed by atoms with Crippen LogP contribution in [0.25, 0.3) is 10.2 Å². The summed E-state index contributed by atoms with van der Waals surface area (Å²) in [6.45, 7) is 8.69. The van der Waals surface area contributed by atoms with Crippen LogP contribution in [-0.2, 0) is 14.3 Å². The van der Waals surface area contributed by atoms with Crippen molar-refractivity contribution in [1.82, 2.24) is 9.97 Å². The van der Waals surface area contributed by atoms with E-state index in [0.717, 1.165) is 48.6 Å². The van der Waals surface area contributed by atoms with Gasteiger partial charge in [0.25, 0.3) is 0 Å². The van der Waals surface area contributed by atoms with Crippen LogP contribution in [0.4, 0.5) is 11.4 Å². The summed E-state index contributed by atoms with van der Waals surface area (Å²) >= 11 is 2.64. The van der Waals surface area contributed by atoms with Crippen molar-refractivity contribution in [2.45, 2.75) is 31.0 Å². The number of carbonyl (C=O) groups excluding carboxylic acids is 2. The largest absolute Gasteiger partial charge is 0.465 e. The lowest BCUT2D eigenvalue weighted by Crippen LogP contribution is -2.36. The molecule has 1 aliphatic heterocycles. The molecule has 33 heavy (non-hydrogen) atoms. The van der Waals surface area contributed by atoms with E-state index in [1.165, 1.54) is 30.2 Å². The maximum atomic E-state index is 12.9. The van der Waals surface area contributed by atoms with Crippen LogP contribution >= 0.6 is 23.1 Å². The molecule has 0 saturated carbocycles.